The topological polar surface area (TPSA) is 55.8 Å². The molecule has 0 aromatic carbocycles. The van der Waals surface area contributed by atoms with E-state index in [-0.39, 0.29) is 11.9 Å². The van der Waals surface area contributed by atoms with Gasteiger partial charge in [0.15, 0.2) is 0 Å². The van der Waals surface area contributed by atoms with Crippen LogP contribution < -0.4 is 0 Å². The predicted molar refractivity (Wildman–Crippen MR) is 272 cm³/mol. The molecule has 0 bridgehead atoms. The average molecular weight is 877 g/mol. The number of ether oxygens (including phenoxy) is 2. The summed E-state index contributed by atoms with van der Waals surface area (Å²) in [5.41, 5.74) is 0. The van der Waals surface area contributed by atoms with E-state index in [4.69, 9.17) is 9.47 Å². The Labute approximate surface area is 389 Å². The highest BCUT2D eigenvalue weighted by Crippen LogP contribution is 2.26. The van der Waals surface area contributed by atoms with E-state index in [9.17, 15) is 9.59 Å². The molecule has 62 heavy (non-hydrogen) atoms. The summed E-state index contributed by atoms with van der Waals surface area (Å²) in [6.07, 6.45) is 54.3. The summed E-state index contributed by atoms with van der Waals surface area (Å²) >= 11 is 0. The summed E-state index contributed by atoms with van der Waals surface area (Å²) in [5.74, 6) is 2.62. The van der Waals surface area contributed by atoms with Gasteiger partial charge in [-0.25, -0.2) is 0 Å². The zero-order valence-electron chi connectivity index (χ0n) is 43.3. The van der Waals surface area contributed by atoms with Crippen molar-refractivity contribution in [3.63, 3.8) is 0 Å². The van der Waals surface area contributed by atoms with Gasteiger partial charge in [-0.15, -0.1) is 0 Å². The maximum atomic E-state index is 12.4. The molecule has 0 fully saturated rings. The molecule has 0 rings (SSSR count). The molecule has 0 spiro atoms. The first kappa shape index (κ1) is 60.9. The molecule has 0 saturated heterocycles. The van der Waals surface area contributed by atoms with Crippen LogP contribution in [0.2, 0.25) is 0 Å². The summed E-state index contributed by atoms with van der Waals surface area (Å²) < 4.78 is 11.3. The van der Waals surface area contributed by atoms with Crippen molar-refractivity contribution in [2.45, 2.75) is 304 Å². The lowest BCUT2D eigenvalue weighted by molar-refractivity contribution is -0.144. The predicted octanol–water partition coefficient (Wildman–Crippen LogP) is 18.3. The zero-order valence-corrected chi connectivity index (χ0v) is 43.3. The van der Waals surface area contributed by atoms with E-state index in [1.54, 1.807) is 0 Å². The largest absolute Gasteiger partial charge is 0.466 e. The normalized spacial score (nSPS) is 11.8. The minimum absolute atomic E-state index is 0.0176. The van der Waals surface area contributed by atoms with Crippen molar-refractivity contribution in [3.05, 3.63) is 0 Å². The first-order chi connectivity index (χ1) is 30.4. The molecule has 0 heterocycles. The minimum atomic E-state index is 0.0176. The first-order valence-electron chi connectivity index (χ1n) is 28.3. The summed E-state index contributed by atoms with van der Waals surface area (Å²) in [6.45, 7) is 11.6. The van der Waals surface area contributed by atoms with E-state index in [1.165, 1.54) is 231 Å². The number of esters is 2. The Kier molecular flexibility index (Phi) is 48.5. The van der Waals surface area contributed by atoms with Gasteiger partial charge in [-0.1, -0.05) is 246 Å². The first-order valence-corrected chi connectivity index (χ1v) is 28.3. The highest BCUT2D eigenvalue weighted by Gasteiger charge is 2.13. The van der Waals surface area contributed by atoms with Gasteiger partial charge in [0.1, 0.15) is 0 Å². The third-order valence-corrected chi connectivity index (χ3v) is 13.9. The highest BCUT2D eigenvalue weighted by atomic mass is 16.5. The van der Waals surface area contributed by atoms with Crippen LogP contribution in [-0.2, 0) is 19.1 Å². The van der Waals surface area contributed by atoms with E-state index in [2.05, 4.69) is 46.7 Å². The molecular weight excluding hydrogens is 763 g/mol. The molecule has 5 nitrogen and oxygen atoms in total. The maximum Gasteiger partial charge on any atom is 0.305 e. The second-order valence-corrected chi connectivity index (χ2v) is 20.3. The van der Waals surface area contributed by atoms with Gasteiger partial charge in [-0.05, 0) is 83.3 Å². The van der Waals surface area contributed by atoms with Gasteiger partial charge in [0.2, 0.25) is 0 Å². The van der Waals surface area contributed by atoms with E-state index in [0.29, 0.717) is 26.1 Å². The molecule has 0 aliphatic rings. The van der Waals surface area contributed by atoms with Gasteiger partial charge in [-0.2, -0.15) is 0 Å². The fraction of sp³-hybridized carbons (Fsp3) is 0.965. The zero-order chi connectivity index (χ0) is 45.4. The lowest BCUT2D eigenvalue weighted by Gasteiger charge is -2.18. The Hall–Kier alpha value is -1.10. The van der Waals surface area contributed by atoms with Crippen LogP contribution in [0, 0.1) is 17.8 Å². The van der Waals surface area contributed by atoms with E-state index < -0.39 is 0 Å². The summed E-state index contributed by atoms with van der Waals surface area (Å²) in [6, 6.07) is 0. The number of rotatable bonds is 51. The number of hydrogen-bond acceptors (Lipinski definition) is 5. The summed E-state index contributed by atoms with van der Waals surface area (Å²) in [5, 5.41) is 0. The quantitative estimate of drug-likeness (QED) is 0.0450. The molecule has 0 radical (unpaired) electrons. The van der Waals surface area contributed by atoms with Crippen molar-refractivity contribution in [2.75, 3.05) is 33.9 Å². The minimum Gasteiger partial charge on any atom is -0.466 e. The van der Waals surface area contributed by atoms with Crippen LogP contribution in [0.15, 0.2) is 0 Å². The van der Waals surface area contributed by atoms with Gasteiger partial charge >= 0.3 is 11.9 Å². The van der Waals surface area contributed by atoms with E-state index in [0.717, 1.165) is 56.3 Å². The molecule has 0 aliphatic heterocycles. The van der Waals surface area contributed by atoms with Crippen molar-refractivity contribution in [3.8, 4) is 0 Å². The Balaban J connectivity index is 4.14. The smallest absolute Gasteiger partial charge is 0.305 e. The fourth-order valence-corrected chi connectivity index (χ4v) is 9.65. The third kappa shape index (κ3) is 45.5. The van der Waals surface area contributed by atoms with Crippen LogP contribution >= 0.6 is 0 Å². The van der Waals surface area contributed by atoms with Gasteiger partial charge in [-0.3, -0.25) is 9.59 Å². The Bertz CT molecular complexity index is 819. The van der Waals surface area contributed by atoms with Crippen LogP contribution in [0.25, 0.3) is 0 Å². The number of carbonyl (C=O) groups excluding carboxylic acids is 2. The van der Waals surface area contributed by atoms with Crippen molar-refractivity contribution in [2.24, 2.45) is 17.8 Å². The SMILES string of the molecule is CCCCCCC(CCCCCC)CCCCOC(=O)CCCCCCCC(CCCCCCCC(=O)OCCCCC(CCCCCC)CCCCCC)CCCCN(C)C. The van der Waals surface area contributed by atoms with Crippen LogP contribution in [0.1, 0.15) is 304 Å². The second kappa shape index (κ2) is 49.3. The standard InChI is InChI=1S/C57H113NO4/c1-7-11-15-25-39-54(40-26-16-12-8-2)46-34-37-51-61-56(59)48-31-23-19-21-29-43-53(45-33-36-50-58(5)6)44-30-22-20-24-32-49-57(60)62-52-38-35-47-55(41-27-17-13-9-3)42-28-18-14-10-4/h53-55H,7-52H2,1-6H3. The van der Waals surface area contributed by atoms with Gasteiger partial charge < -0.3 is 14.4 Å². The van der Waals surface area contributed by atoms with Crippen molar-refractivity contribution >= 4 is 11.9 Å². The number of hydrogen-bond donors (Lipinski definition) is 0. The third-order valence-electron chi connectivity index (χ3n) is 13.9. The number of unbranched alkanes of at least 4 members (excludes halogenated alkanes) is 23. The molecule has 0 atom stereocenters. The van der Waals surface area contributed by atoms with E-state index in [1.807, 2.05) is 0 Å². The van der Waals surface area contributed by atoms with Crippen molar-refractivity contribution in [1.29, 1.82) is 0 Å². The van der Waals surface area contributed by atoms with Crippen LogP contribution in [0.5, 0.6) is 0 Å². The monoisotopic (exact) mass is 876 g/mol. The van der Waals surface area contributed by atoms with Crippen LogP contribution in [-0.4, -0.2) is 50.7 Å². The lowest BCUT2D eigenvalue weighted by Crippen LogP contribution is -2.13. The van der Waals surface area contributed by atoms with Gasteiger partial charge in [0.05, 0.1) is 13.2 Å². The molecule has 0 aliphatic carbocycles. The van der Waals surface area contributed by atoms with E-state index >= 15 is 0 Å². The Morgan fingerprint density at radius 3 is 0.855 bits per heavy atom. The molecule has 0 amide bonds. The van der Waals surface area contributed by atoms with Crippen LogP contribution in [0.3, 0.4) is 0 Å². The summed E-state index contributed by atoms with van der Waals surface area (Å²) in [7, 11) is 4.37. The molecule has 370 valence electrons. The van der Waals surface area contributed by atoms with Crippen molar-refractivity contribution in [1.82, 2.24) is 4.90 Å². The molecule has 5 heteroatoms. The van der Waals surface area contributed by atoms with Gasteiger partial charge in [0.25, 0.3) is 0 Å². The fourth-order valence-electron chi connectivity index (χ4n) is 9.65. The Morgan fingerprint density at radius 1 is 0.323 bits per heavy atom. The van der Waals surface area contributed by atoms with Crippen molar-refractivity contribution < 1.29 is 19.1 Å². The average Bonchev–Trinajstić information content (AvgIpc) is 3.26. The molecule has 0 aromatic rings. The highest BCUT2D eigenvalue weighted by molar-refractivity contribution is 5.69. The lowest BCUT2D eigenvalue weighted by atomic mass is 9.90. The molecule has 0 aromatic heterocycles. The number of carbonyl (C=O) groups is 2. The molecule has 0 saturated carbocycles. The summed E-state index contributed by atoms with van der Waals surface area (Å²) in [4.78, 5) is 27.1. The number of nitrogens with zero attached hydrogens (tertiary/aromatic N) is 1. The molecule has 0 unspecified atom stereocenters. The Morgan fingerprint density at radius 2 is 0.565 bits per heavy atom. The van der Waals surface area contributed by atoms with Gasteiger partial charge in [0, 0.05) is 12.8 Å². The molecule has 0 N–H and O–H groups in total. The second-order valence-electron chi connectivity index (χ2n) is 20.3. The maximum absolute atomic E-state index is 12.4. The molecular formula is C57H113NO4. The van der Waals surface area contributed by atoms with Crippen LogP contribution in [0.4, 0.5) is 0 Å².